The number of carbonyl (C=O) groups is 1. The molecule has 8 nitrogen and oxygen atoms in total. The number of imidazole rings is 1. The van der Waals surface area contributed by atoms with Crippen LogP contribution in [0.2, 0.25) is 0 Å². The molecule has 2 aromatic rings. The molecule has 9 heteroatoms. The summed E-state index contributed by atoms with van der Waals surface area (Å²) < 4.78 is 12.0. The second-order valence-corrected chi connectivity index (χ2v) is 4.24. The third-order valence-corrected chi connectivity index (χ3v) is 2.54. The molecule has 2 rings (SSSR count). The highest BCUT2D eigenvalue weighted by Gasteiger charge is 2.08. The Morgan fingerprint density at radius 3 is 3.00 bits per heavy atom. The van der Waals surface area contributed by atoms with Gasteiger partial charge in [0.1, 0.15) is 5.69 Å². The third-order valence-electron chi connectivity index (χ3n) is 2.06. The highest BCUT2D eigenvalue weighted by Crippen LogP contribution is 2.08. The molecule has 2 aromatic heterocycles. The molecular weight excluding hydrogens is 245 g/mol. The van der Waals surface area contributed by atoms with Crippen LogP contribution in [-0.4, -0.2) is 25.2 Å². The fourth-order valence-corrected chi connectivity index (χ4v) is 1.62. The molecule has 0 saturated carbocycles. The van der Waals surface area contributed by atoms with E-state index in [-0.39, 0.29) is 12.2 Å². The smallest absolute Gasteiger partial charge is 0.268 e. The van der Waals surface area contributed by atoms with Crippen molar-refractivity contribution < 1.29 is 14.3 Å². The van der Waals surface area contributed by atoms with Gasteiger partial charge in [0.05, 0.1) is 5.69 Å². The minimum atomic E-state index is -2.73. The number of nitrogens with two attached hydrogens (primary N) is 1. The van der Waals surface area contributed by atoms with Crippen molar-refractivity contribution in [1.82, 2.24) is 19.5 Å². The molecule has 0 radical (unpaired) electrons. The summed E-state index contributed by atoms with van der Waals surface area (Å²) in [5.74, 6) is -0.314. The number of hydrogen-bond donors (Lipinski definition) is 3. The molecule has 0 aromatic carbocycles. The van der Waals surface area contributed by atoms with E-state index < -0.39 is 14.1 Å². The molecule has 1 atom stereocenters. The summed E-state index contributed by atoms with van der Waals surface area (Å²) in [6.07, 6.45) is 3.12. The standard InChI is InChI=1S/C8H10N5O3P/c9-7(14)6-4-13-2-1-5(3-10-17(15)16)11-8(13)12-6/h1-2,4,17H,3H2,(H2,9,14)(H2,10,15,16). The summed E-state index contributed by atoms with van der Waals surface area (Å²) >= 11 is 0. The lowest BCUT2D eigenvalue weighted by molar-refractivity contribution is 0.0996. The first kappa shape index (κ1) is 11.7. The van der Waals surface area contributed by atoms with Crippen LogP contribution >= 0.6 is 8.18 Å². The zero-order valence-electron chi connectivity index (χ0n) is 8.62. The van der Waals surface area contributed by atoms with Gasteiger partial charge in [0, 0.05) is 18.9 Å². The van der Waals surface area contributed by atoms with Crippen molar-refractivity contribution in [2.24, 2.45) is 5.73 Å². The van der Waals surface area contributed by atoms with Crippen LogP contribution in [0.5, 0.6) is 0 Å². The summed E-state index contributed by atoms with van der Waals surface area (Å²) in [4.78, 5) is 27.6. The van der Waals surface area contributed by atoms with E-state index >= 15 is 0 Å². The van der Waals surface area contributed by atoms with Crippen molar-refractivity contribution >= 4 is 19.9 Å². The van der Waals surface area contributed by atoms with Crippen molar-refractivity contribution in [1.29, 1.82) is 0 Å². The zero-order chi connectivity index (χ0) is 12.4. The van der Waals surface area contributed by atoms with E-state index in [1.54, 1.807) is 16.7 Å². The van der Waals surface area contributed by atoms with Crippen LogP contribution in [-0.2, 0) is 11.1 Å². The molecule has 0 aliphatic heterocycles. The molecule has 0 spiro atoms. The molecule has 0 bridgehead atoms. The van der Waals surface area contributed by atoms with Gasteiger partial charge in [-0.15, -0.1) is 0 Å². The normalized spacial score (nSPS) is 12.8. The van der Waals surface area contributed by atoms with Gasteiger partial charge in [-0.2, -0.15) is 0 Å². The molecule has 0 saturated heterocycles. The van der Waals surface area contributed by atoms with E-state index in [2.05, 4.69) is 15.1 Å². The number of primary amides is 1. The molecule has 90 valence electrons. The van der Waals surface area contributed by atoms with Crippen LogP contribution in [0.15, 0.2) is 18.5 Å². The predicted molar refractivity (Wildman–Crippen MR) is 59.6 cm³/mol. The Morgan fingerprint density at radius 1 is 1.59 bits per heavy atom. The fourth-order valence-electron chi connectivity index (χ4n) is 1.29. The van der Waals surface area contributed by atoms with E-state index in [4.69, 9.17) is 10.6 Å². The number of carbonyl (C=O) groups excluding carboxylic acids is 1. The Labute approximate surface area is 96.4 Å². The van der Waals surface area contributed by atoms with Crippen molar-refractivity contribution in [3.8, 4) is 0 Å². The van der Waals surface area contributed by atoms with Crippen LogP contribution < -0.4 is 10.8 Å². The van der Waals surface area contributed by atoms with Gasteiger partial charge in [-0.1, -0.05) is 0 Å². The number of nitrogens with zero attached hydrogens (tertiary/aromatic N) is 3. The fraction of sp³-hybridized carbons (Fsp3) is 0.125. The van der Waals surface area contributed by atoms with Crippen LogP contribution in [0.25, 0.3) is 5.78 Å². The van der Waals surface area contributed by atoms with Gasteiger partial charge >= 0.3 is 0 Å². The Morgan fingerprint density at radius 2 is 2.35 bits per heavy atom. The number of amides is 1. The molecule has 1 unspecified atom stereocenters. The number of nitrogens with one attached hydrogen (secondary N) is 1. The molecule has 0 aliphatic rings. The Bertz CT molecular complexity index is 596. The first-order chi connectivity index (χ1) is 8.06. The van der Waals surface area contributed by atoms with Gasteiger partial charge in [0.2, 0.25) is 5.78 Å². The first-order valence-electron chi connectivity index (χ1n) is 4.67. The SMILES string of the molecule is NC(=O)c1cn2ccc(CN[PH](=O)O)nc2n1. The lowest BCUT2D eigenvalue weighted by Gasteiger charge is -2.00. The Hall–Kier alpha value is -1.76. The van der Waals surface area contributed by atoms with Crippen molar-refractivity contribution in [3.05, 3.63) is 29.8 Å². The minimum Gasteiger partial charge on any atom is -0.364 e. The third kappa shape index (κ3) is 2.68. The quantitative estimate of drug-likeness (QED) is 0.621. The van der Waals surface area contributed by atoms with Gasteiger partial charge < -0.3 is 10.6 Å². The average molecular weight is 255 g/mol. The maximum atomic E-state index is 10.9. The summed E-state index contributed by atoms with van der Waals surface area (Å²) in [7, 11) is -2.73. The summed E-state index contributed by atoms with van der Waals surface area (Å²) in [6.45, 7) is 0.156. The van der Waals surface area contributed by atoms with E-state index in [1.165, 1.54) is 6.20 Å². The van der Waals surface area contributed by atoms with Crippen molar-refractivity contribution in [3.63, 3.8) is 0 Å². The monoisotopic (exact) mass is 255 g/mol. The van der Waals surface area contributed by atoms with Crippen molar-refractivity contribution in [2.75, 3.05) is 0 Å². The molecular formula is C8H10N5O3P. The Balaban J connectivity index is 2.30. The zero-order valence-corrected chi connectivity index (χ0v) is 9.62. The summed E-state index contributed by atoms with van der Waals surface area (Å²) in [5.41, 5.74) is 5.76. The molecule has 1 amide bonds. The van der Waals surface area contributed by atoms with Gasteiger partial charge in [0.25, 0.3) is 14.1 Å². The second-order valence-electron chi connectivity index (χ2n) is 3.28. The molecule has 0 fully saturated rings. The topological polar surface area (TPSA) is 123 Å². The van der Waals surface area contributed by atoms with Crippen LogP contribution in [0.4, 0.5) is 0 Å². The average Bonchev–Trinajstić information content (AvgIpc) is 2.69. The van der Waals surface area contributed by atoms with Crippen LogP contribution in [0, 0.1) is 0 Å². The summed E-state index contributed by atoms with van der Waals surface area (Å²) in [5, 5.41) is 2.37. The van der Waals surface area contributed by atoms with Crippen LogP contribution in [0.1, 0.15) is 16.2 Å². The van der Waals surface area contributed by atoms with Crippen molar-refractivity contribution in [2.45, 2.75) is 6.54 Å². The number of rotatable bonds is 4. The second kappa shape index (κ2) is 4.62. The molecule has 0 aliphatic carbocycles. The lowest BCUT2D eigenvalue weighted by atomic mass is 10.4. The Kier molecular flexibility index (Phi) is 3.19. The molecule has 4 N–H and O–H groups in total. The minimum absolute atomic E-state index is 0.123. The van der Waals surface area contributed by atoms with E-state index in [0.717, 1.165) is 0 Å². The first-order valence-corrected chi connectivity index (χ1v) is 6.03. The van der Waals surface area contributed by atoms with Gasteiger partial charge in [-0.05, 0) is 6.07 Å². The van der Waals surface area contributed by atoms with E-state index in [9.17, 15) is 9.36 Å². The predicted octanol–water partition coefficient (Wildman–Crippen LogP) is -0.700. The number of fused-ring (bicyclic) bond motifs is 1. The van der Waals surface area contributed by atoms with Gasteiger partial charge in [-0.3, -0.25) is 13.8 Å². The van der Waals surface area contributed by atoms with E-state index in [1.807, 2.05) is 0 Å². The molecule has 17 heavy (non-hydrogen) atoms. The highest BCUT2D eigenvalue weighted by molar-refractivity contribution is 7.35. The largest absolute Gasteiger partial charge is 0.364 e. The maximum absolute atomic E-state index is 10.9. The summed E-state index contributed by atoms with van der Waals surface area (Å²) in [6, 6.07) is 1.65. The highest BCUT2D eigenvalue weighted by atomic mass is 31.1. The maximum Gasteiger partial charge on any atom is 0.268 e. The number of hydrogen-bond acceptors (Lipinski definition) is 4. The molecule has 2 heterocycles. The van der Waals surface area contributed by atoms with Crippen LogP contribution in [0.3, 0.4) is 0 Å². The van der Waals surface area contributed by atoms with Gasteiger partial charge in [-0.25, -0.2) is 15.1 Å². The van der Waals surface area contributed by atoms with Gasteiger partial charge in [0.15, 0.2) is 0 Å². The lowest BCUT2D eigenvalue weighted by Crippen LogP contribution is -2.10. The number of aromatic nitrogens is 3. The van der Waals surface area contributed by atoms with E-state index in [0.29, 0.717) is 11.5 Å².